The average Bonchev–Trinajstić information content (AvgIpc) is 2.90. The summed E-state index contributed by atoms with van der Waals surface area (Å²) in [6.45, 7) is 5.23. The van der Waals surface area contributed by atoms with Crippen LogP contribution < -0.4 is 0 Å². The third-order valence-electron chi connectivity index (χ3n) is 2.91. The summed E-state index contributed by atoms with van der Waals surface area (Å²) < 4.78 is 7.17. The monoisotopic (exact) mass is 283 g/mol. The molecule has 0 aliphatic heterocycles. The van der Waals surface area contributed by atoms with Crippen molar-refractivity contribution < 1.29 is 4.42 Å². The van der Waals surface area contributed by atoms with Gasteiger partial charge in [0, 0.05) is 25.6 Å². The predicted octanol–water partition coefficient (Wildman–Crippen LogP) is 1.96. The Labute approximate surface area is 117 Å². The zero-order valence-electron chi connectivity index (χ0n) is 11.6. The van der Waals surface area contributed by atoms with E-state index in [2.05, 4.69) is 20.2 Å². The van der Waals surface area contributed by atoms with Crippen molar-refractivity contribution in [1.82, 2.24) is 24.9 Å². The molecule has 2 aromatic rings. The quantitative estimate of drug-likeness (QED) is 0.839. The van der Waals surface area contributed by atoms with E-state index in [1.807, 2.05) is 27.9 Å². The summed E-state index contributed by atoms with van der Waals surface area (Å²) in [5, 5.41) is 12.9. The number of rotatable bonds is 5. The van der Waals surface area contributed by atoms with Crippen LogP contribution in [0.3, 0.4) is 0 Å². The van der Waals surface area contributed by atoms with Gasteiger partial charge in [-0.15, -0.1) is 10.2 Å². The van der Waals surface area contributed by atoms with Gasteiger partial charge in [0.2, 0.25) is 11.8 Å². The van der Waals surface area contributed by atoms with Crippen molar-refractivity contribution in [2.24, 2.45) is 7.05 Å². The molecule has 0 atom stereocenters. The highest BCUT2D eigenvalue weighted by molar-refractivity contribution is 6.30. The van der Waals surface area contributed by atoms with Crippen LogP contribution in [-0.4, -0.2) is 31.9 Å². The van der Waals surface area contributed by atoms with Gasteiger partial charge in [0.15, 0.2) is 0 Å². The summed E-state index contributed by atoms with van der Waals surface area (Å²) in [6, 6.07) is 0. The average molecular weight is 284 g/mol. The van der Waals surface area contributed by atoms with Crippen molar-refractivity contribution in [2.45, 2.75) is 33.4 Å². The summed E-state index contributed by atoms with van der Waals surface area (Å²) in [5.41, 5.74) is 1.97. The minimum Gasteiger partial charge on any atom is -0.424 e. The Morgan fingerprint density at radius 2 is 1.95 bits per heavy atom. The molecule has 104 valence electrons. The highest BCUT2D eigenvalue weighted by Gasteiger charge is 2.15. The largest absolute Gasteiger partial charge is 0.424 e. The lowest BCUT2D eigenvalue weighted by Crippen LogP contribution is -2.18. The van der Waals surface area contributed by atoms with Gasteiger partial charge in [-0.2, -0.15) is 5.10 Å². The zero-order chi connectivity index (χ0) is 14.0. The molecular formula is C12H18ClN5O. The van der Waals surface area contributed by atoms with Crippen LogP contribution in [0.1, 0.15) is 30.0 Å². The number of hydrogen-bond donors (Lipinski definition) is 0. The van der Waals surface area contributed by atoms with E-state index >= 15 is 0 Å². The van der Waals surface area contributed by atoms with Crippen LogP contribution in [0.2, 0.25) is 5.15 Å². The Hall–Kier alpha value is -1.40. The minimum atomic E-state index is 0.595. The molecule has 0 aliphatic rings. The molecule has 2 heterocycles. The van der Waals surface area contributed by atoms with Crippen LogP contribution in [0.4, 0.5) is 0 Å². The van der Waals surface area contributed by atoms with Crippen LogP contribution in [-0.2, 0) is 26.6 Å². The minimum absolute atomic E-state index is 0.595. The number of aryl methyl sites for hydroxylation is 3. The molecule has 2 aromatic heterocycles. The highest BCUT2D eigenvalue weighted by Crippen LogP contribution is 2.20. The Morgan fingerprint density at radius 3 is 2.47 bits per heavy atom. The van der Waals surface area contributed by atoms with Gasteiger partial charge in [-0.1, -0.05) is 18.5 Å². The zero-order valence-corrected chi connectivity index (χ0v) is 12.4. The molecule has 0 amide bonds. The summed E-state index contributed by atoms with van der Waals surface area (Å²) in [5.74, 6) is 1.29. The molecule has 0 N–H and O–H groups in total. The van der Waals surface area contributed by atoms with Crippen molar-refractivity contribution >= 4 is 11.6 Å². The van der Waals surface area contributed by atoms with Crippen molar-refractivity contribution in [3.05, 3.63) is 28.2 Å². The topological polar surface area (TPSA) is 60.0 Å². The van der Waals surface area contributed by atoms with Gasteiger partial charge < -0.3 is 4.42 Å². The standard InChI is InChI=1S/C12H18ClN5O/c1-5-10-14-15-11(19-10)7-17(3)6-9-8(2)16-18(4)12(9)13/h5-7H2,1-4H3. The van der Waals surface area contributed by atoms with E-state index < -0.39 is 0 Å². The van der Waals surface area contributed by atoms with E-state index in [0.29, 0.717) is 30.0 Å². The molecule has 0 unspecified atom stereocenters. The van der Waals surface area contributed by atoms with Crippen LogP contribution in [0.25, 0.3) is 0 Å². The molecule has 0 aromatic carbocycles. The van der Waals surface area contributed by atoms with E-state index in [4.69, 9.17) is 16.0 Å². The fourth-order valence-electron chi connectivity index (χ4n) is 1.91. The van der Waals surface area contributed by atoms with Crippen LogP contribution in [0, 0.1) is 6.92 Å². The van der Waals surface area contributed by atoms with Crippen molar-refractivity contribution in [1.29, 1.82) is 0 Å². The SMILES string of the molecule is CCc1nnc(CN(C)Cc2c(C)nn(C)c2Cl)o1. The Morgan fingerprint density at radius 1 is 1.26 bits per heavy atom. The van der Waals surface area contributed by atoms with Crippen LogP contribution in [0.15, 0.2) is 4.42 Å². The van der Waals surface area contributed by atoms with Crippen LogP contribution in [0.5, 0.6) is 0 Å². The van der Waals surface area contributed by atoms with Gasteiger partial charge in [0.25, 0.3) is 0 Å². The Balaban J connectivity index is 2.02. The normalized spacial score (nSPS) is 11.5. The summed E-state index contributed by atoms with van der Waals surface area (Å²) in [4.78, 5) is 2.07. The molecule has 19 heavy (non-hydrogen) atoms. The maximum atomic E-state index is 6.21. The molecule has 0 saturated heterocycles. The summed E-state index contributed by atoms with van der Waals surface area (Å²) >= 11 is 6.21. The summed E-state index contributed by atoms with van der Waals surface area (Å²) in [6.07, 6.45) is 0.754. The number of nitrogens with zero attached hydrogens (tertiary/aromatic N) is 5. The third kappa shape index (κ3) is 3.13. The fourth-order valence-corrected chi connectivity index (χ4v) is 2.14. The third-order valence-corrected chi connectivity index (χ3v) is 3.39. The molecule has 0 radical (unpaired) electrons. The molecule has 0 spiro atoms. The van der Waals surface area contributed by atoms with Gasteiger partial charge in [-0.25, -0.2) is 0 Å². The molecule has 6 nitrogen and oxygen atoms in total. The first-order valence-electron chi connectivity index (χ1n) is 6.19. The molecule has 7 heteroatoms. The maximum absolute atomic E-state index is 6.21. The van der Waals surface area contributed by atoms with Gasteiger partial charge in [0.05, 0.1) is 12.2 Å². The molecular weight excluding hydrogens is 266 g/mol. The number of hydrogen-bond acceptors (Lipinski definition) is 5. The first-order valence-corrected chi connectivity index (χ1v) is 6.56. The lowest BCUT2D eigenvalue weighted by molar-refractivity contribution is 0.277. The second kappa shape index (κ2) is 5.71. The first-order chi connectivity index (χ1) is 9.01. The number of aromatic nitrogens is 4. The van der Waals surface area contributed by atoms with Gasteiger partial charge in [-0.05, 0) is 14.0 Å². The summed E-state index contributed by atoms with van der Waals surface area (Å²) in [7, 11) is 3.82. The van der Waals surface area contributed by atoms with E-state index in [1.54, 1.807) is 4.68 Å². The Kier molecular flexibility index (Phi) is 4.21. The fraction of sp³-hybridized carbons (Fsp3) is 0.583. The highest BCUT2D eigenvalue weighted by atomic mass is 35.5. The molecule has 0 saturated carbocycles. The van der Waals surface area contributed by atoms with Crippen molar-refractivity contribution in [3.63, 3.8) is 0 Å². The lowest BCUT2D eigenvalue weighted by atomic mass is 10.2. The number of halogens is 1. The van der Waals surface area contributed by atoms with Crippen molar-refractivity contribution in [2.75, 3.05) is 7.05 Å². The molecule has 2 rings (SSSR count). The smallest absolute Gasteiger partial charge is 0.230 e. The van der Waals surface area contributed by atoms with E-state index in [1.165, 1.54) is 0 Å². The van der Waals surface area contributed by atoms with Gasteiger partial charge in [-0.3, -0.25) is 9.58 Å². The van der Waals surface area contributed by atoms with Gasteiger partial charge >= 0.3 is 0 Å². The van der Waals surface area contributed by atoms with Crippen LogP contribution >= 0.6 is 11.6 Å². The van der Waals surface area contributed by atoms with E-state index in [9.17, 15) is 0 Å². The molecule has 0 fully saturated rings. The van der Waals surface area contributed by atoms with Crippen molar-refractivity contribution in [3.8, 4) is 0 Å². The lowest BCUT2D eigenvalue weighted by Gasteiger charge is -2.13. The van der Waals surface area contributed by atoms with Gasteiger partial charge in [0.1, 0.15) is 5.15 Å². The first kappa shape index (κ1) is 14.0. The second-order valence-electron chi connectivity index (χ2n) is 4.59. The Bertz CT molecular complexity index is 562. The maximum Gasteiger partial charge on any atom is 0.230 e. The molecule has 0 bridgehead atoms. The predicted molar refractivity (Wildman–Crippen MR) is 71.8 cm³/mol. The van der Waals surface area contributed by atoms with E-state index in [0.717, 1.165) is 17.7 Å². The second-order valence-corrected chi connectivity index (χ2v) is 4.95. The molecule has 0 aliphatic carbocycles. The van der Waals surface area contributed by atoms with E-state index in [-0.39, 0.29) is 0 Å².